The van der Waals surface area contributed by atoms with E-state index in [2.05, 4.69) is 43.5 Å². The number of carbonyl (C=O) groups is 3. The summed E-state index contributed by atoms with van der Waals surface area (Å²) in [4.78, 5) is 43.8. The quantitative estimate of drug-likeness (QED) is 0.637. The number of halogens is 2. The second-order valence-electron chi connectivity index (χ2n) is 10.1. The predicted molar refractivity (Wildman–Crippen MR) is 123 cm³/mol. The number of carbonyl (C=O) groups excluding carboxylic acids is 3. The van der Waals surface area contributed by atoms with Crippen LogP contribution in [0.15, 0.2) is 23.6 Å². The number of nitrogens with zero attached hydrogens (tertiary/aromatic N) is 2. The summed E-state index contributed by atoms with van der Waals surface area (Å²) in [7, 11) is 0. The maximum Gasteiger partial charge on any atom is 0.289 e. The second-order valence-corrected chi connectivity index (χ2v) is 11.0. The molecule has 1 saturated carbocycles. The van der Waals surface area contributed by atoms with Crippen LogP contribution in [0.3, 0.4) is 0 Å². The van der Waals surface area contributed by atoms with Gasteiger partial charge < -0.3 is 4.90 Å². The Labute approximate surface area is 200 Å². The molecule has 0 radical (unpaired) electrons. The van der Waals surface area contributed by atoms with Crippen LogP contribution in [0.2, 0.25) is 0 Å². The number of hydrazine groups is 1. The van der Waals surface area contributed by atoms with Crippen LogP contribution in [-0.4, -0.2) is 40.7 Å². The number of nitrogens with one attached hydrogen (secondary N) is 2. The third-order valence-corrected chi connectivity index (χ3v) is 8.60. The highest BCUT2D eigenvalue weighted by Crippen LogP contribution is 2.68. The monoisotopic (exact) mass is 490 g/mol. The molecule has 0 unspecified atom stereocenters. The van der Waals surface area contributed by atoms with Crippen LogP contribution in [-0.2, 0) is 4.79 Å². The van der Waals surface area contributed by atoms with Gasteiger partial charge >= 0.3 is 0 Å². The number of benzene rings is 1. The van der Waals surface area contributed by atoms with Gasteiger partial charge in [-0.3, -0.25) is 25.2 Å². The standard InChI is InChI=1S/C24H28F2N4O3S/c1-23(2)18(24(23,3)4)22(33)30-7-5-13(6-8-30)21-27-17(12-34-21)20(32)29-28-19(31)14-9-15(25)11-16(26)10-14/h9-13,18H,5-8H2,1-4H3,(H,28,31)(H,29,32). The lowest BCUT2D eigenvalue weighted by molar-refractivity contribution is -0.134. The van der Waals surface area contributed by atoms with E-state index in [-0.39, 0.29) is 39.8 Å². The van der Waals surface area contributed by atoms with Crippen LogP contribution in [0.25, 0.3) is 0 Å². The van der Waals surface area contributed by atoms with E-state index in [0.717, 1.165) is 30.0 Å². The van der Waals surface area contributed by atoms with Gasteiger partial charge in [-0.15, -0.1) is 11.3 Å². The van der Waals surface area contributed by atoms with Gasteiger partial charge in [-0.25, -0.2) is 13.8 Å². The fourth-order valence-corrected chi connectivity index (χ4v) is 5.83. The Balaban J connectivity index is 1.29. The minimum absolute atomic E-state index is 0.0107. The number of amides is 3. The maximum absolute atomic E-state index is 13.3. The first-order valence-electron chi connectivity index (χ1n) is 11.2. The first-order valence-corrected chi connectivity index (χ1v) is 12.1. The smallest absolute Gasteiger partial charge is 0.289 e. The summed E-state index contributed by atoms with van der Waals surface area (Å²) in [6.45, 7) is 9.89. The molecule has 1 saturated heterocycles. The van der Waals surface area contributed by atoms with Crippen LogP contribution < -0.4 is 10.9 Å². The van der Waals surface area contributed by atoms with E-state index < -0.39 is 23.4 Å². The van der Waals surface area contributed by atoms with Crippen molar-refractivity contribution in [2.24, 2.45) is 16.7 Å². The molecule has 2 N–H and O–H groups in total. The minimum Gasteiger partial charge on any atom is -0.342 e. The van der Waals surface area contributed by atoms with E-state index in [4.69, 9.17) is 0 Å². The Morgan fingerprint density at radius 3 is 2.09 bits per heavy atom. The van der Waals surface area contributed by atoms with Gasteiger partial charge in [-0.2, -0.15) is 0 Å². The molecule has 34 heavy (non-hydrogen) atoms. The van der Waals surface area contributed by atoms with Crippen LogP contribution in [0.4, 0.5) is 8.78 Å². The van der Waals surface area contributed by atoms with Crippen molar-refractivity contribution in [1.29, 1.82) is 0 Å². The van der Waals surface area contributed by atoms with Crippen molar-refractivity contribution in [2.75, 3.05) is 13.1 Å². The molecule has 0 bridgehead atoms. The summed E-state index contributed by atoms with van der Waals surface area (Å²) in [5.74, 6) is -2.83. The molecular formula is C24H28F2N4O3S. The van der Waals surface area contributed by atoms with Gasteiger partial charge in [-0.1, -0.05) is 27.7 Å². The van der Waals surface area contributed by atoms with Crippen LogP contribution in [0, 0.1) is 28.4 Å². The van der Waals surface area contributed by atoms with Gasteiger partial charge in [0.25, 0.3) is 11.8 Å². The Hall–Kier alpha value is -2.88. The molecular weight excluding hydrogens is 462 g/mol. The topological polar surface area (TPSA) is 91.4 Å². The lowest BCUT2D eigenvalue weighted by Crippen LogP contribution is -2.42. The van der Waals surface area contributed by atoms with E-state index in [9.17, 15) is 23.2 Å². The third kappa shape index (κ3) is 4.43. The lowest BCUT2D eigenvalue weighted by Gasteiger charge is -2.31. The highest BCUT2D eigenvalue weighted by atomic mass is 32.1. The predicted octanol–water partition coefficient (Wildman–Crippen LogP) is 3.88. The normalized spacial score (nSPS) is 19.5. The van der Waals surface area contributed by atoms with Crippen molar-refractivity contribution in [2.45, 2.75) is 46.5 Å². The van der Waals surface area contributed by atoms with E-state index in [1.807, 2.05) is 4.90 Å². The van der Waals surface area contributed by atoms with Crippen molar-refractivity contribution in [1.82, 2.24) is 20.7 Å². The van der Waals surface area contributed by atoms with Gasteiger partial charge in [0.05, 0.1) is 5.01 Å². The van der Waals surface area contributed by atoms with Gasteiger partial charge in [0.15, 0.2) is 0 Å². The zero-order valence-electron chi connectivity index (χ0n) is 19.6. The summed E-state index contributed by atoms with van der Waals surface area (Å²) < 4.78 is 26.5. The lowest BCUT2D eigenvalue weighted by atomic mass is 9.96. The van der Waals surface area contributed by atoms with Gasteiger partial charge in [0.1, 0.15) is 17.3 Å². The second kappa shape index (κ2) is 8.72. The van der Waals surface area contributed by atoms with E-state index in [1.54, 1.807) is 5.38 Å². The third-order valence-electron chi connectivity index (χ3n) is 7.59. The van der Waals surface area contributed by atoms with Gasteiger partial charge in [0.2, 0.25) is 5.91 Å². The number of likely N-dealkylation sites (tertiary alicyclic amines) is 1. The Kier molecular flexibility index (Phi) is 6.22. The molecule has 3 amide bonds. The highest BCUT2D eigenvalue weighted by Gasteiger charge is 2.68. The Morgan fingerprint density at radius 2 is 1.53 bits per heavy atom. The number of piperidine rings is 1. The van der Waals surface area contributed by atoms with Gasteiger partial charge in [0, 0.05) is 41.9 Å². The summed E-state index contributed by atoms with van der Waals surface area (Å²) in [6.07, 6.45) is 1.55. The SMILES string of the molecule is CC1(C)C(C(=O)N2CCC(c3nc(C(=O)NNC(=O)c4cc(F)cc(F)c4)cs3)CC2)C1(C)C. The Bertz CT molecular complexity index is 1100. The number of thiazole rings is 1. The number of hydrogen-bond donors (Lipinski definition) is 2. The molecule has 0 atom stereocenters. The van der Waals surface area contributed by atoms with Crippen LogP contribution >= 0.6 is 11.3 Å². The zero-order valence-corrected chi connectivity index (χ0v) is 20.4. The summed E-state index contributed by atoms with van der Waals surface area (Å²) >= 11 is 1.36. The number of rotatable bonds is 4. The molecule has 2 heterocycles. The molecule has 0 spiro atoms. The zero-order chi connectivity index (χ0) is 24.8. The molecule has 2 aromatic rings. The first kappa shape index (κ1) is 24.3. The molecule has 1 aliphatic heterocycles. The Morgan fingerprint density at radius 1 is 0.971 bits per heavy atom. The minimum atomic E-state index is -0.891. The molecule has 1 aromatic carbocycles. The molecule has 2 fully saturated rings. The van der Waals surface area contributed by atoms with Crippen molar-refractivity contribution >= 4 is 29.1 Å². The maximum atomic E-state index is 13.3. The first-order chi connectivity index (χ1) is 15.9. The van der Waals surface area contributed by atoms with E-state index in [0.29, 0.717) is 19.2 Å². The summed E-state index contributed by atoms with van der Waals surface area (Å²) in [5.41, 5.74) is 4.27. The molecule has 1 aliphatic carbocycles. The van der Waals surface area contributed by atoms with E-state index in [1.165, 1.54) is 11.3 Å². The van der Waals surface area contributed by atoms with Crippen molar-refractivity contribution < 1.29 is 23.2 Å². The molecule has 182 valence electrons. The van der Waals surface area contributed by atoms with Crippen LogP contribution in [0.5, 0.6) is 0 Å². The average molecular weight is 491 g/mol. The largest absolute Gasteiger partial charge is 0.342 e. The van der Waals surface area contributed by atoms with Crippen molar-refractivity contribution in [3.63, 3.8) is 0 Å². The number of aromatic nitrogens is 1. The van der Waals surface area contributed by atoms with Crippen molar-refractivity contribution in [3.05, 3.63) is 51.5 Å². The summed E-state index contributed by atoms with van der Waals surface area (Å²) in [6, 6.07) is 2.39. The number of hydrogen-bond acceptors (Lipinski definition) is 5. The molecule has 4 rings (SSSR count). The molecule has 7 nitrogen and oxygen atoms in total. The molecule has 10 heteroatoms. The average Bonchev–Trinajstić information content (AvgIpc) is 3.11. The fraction of sp³-hybridized carbons (Fsp3) is 0.500. The van der Waals surface area contributed by atoms with Gasteiger partial charge in [-0.05, 0) is 35.8 Å². The molecule has 1 aromatic heterocycles. The van der Waals surface area contributed by atoms with E-state index >= 15 is 0 Å². The molecule has 2 aliphatic rings. The fourth-order valence-electron chi connectivity index (χ4n) is 4.86. The van der Waals surface area contributed by atoms with Crippen LogP contribution in [0.1, 0.15) is 72.3 Å². The highest BCUT2D eigenvalue weighted by molar-refractivity contribution is 7.09. The van der Waals surface area contributed by atoms with Crippen molar-refractivity contribution in [3.8, 4) is 0 Å². The summed E-state index contributed by atoms with van der Waals surface area (Å²) in [5, 5.41) is 2.41.